The van der Waals surface area contributed by atoms with Crippen molar-refractivity contribution in [3.63, 3.8) is 0 Å². The van der Waals surface area contributed by atoms with Crippen LogP contribution in [-0.2, 0) is 0 Å². The van der Waals surface area contributed by atoms with Gasteiger partial charge in [-0.15, -0.1) is 0 Å². The van der Waals surface area contributed by atoms with Crippen molar-refractivity contribution in [2.24, 2.45) is 0 Å². The summed E-state index contributed by atoms with van der Waals surface area (Å²) < 4.78 is 0. The van der Waals surface area contributed by atoms with Crippen LogP contribution in [0.25, 0.3) is 5.57 Å². The number of hydrogen-bond acceptors (Lipinski definition) is 3. The van der Waals surface area contributed by atoms with Gasteiger partial charge in [0.15, 0.2) is 0 Å². The van der Waals surface area contributed by atoms with E-state index in [1.807, 2.05) is 36.4 Å². The van der Waals surface area contributed by atoms with Gasteiger partial charge in [0.05, 0.1) is 22.1 Å². The van der Waals surface area contributed by atoms with E-state index in [0.717, 1.165) is 5.56 Å². The van der Waals surface area contributed by atoms with Crippen molar-refractivity contribution in [1.29, 1.82) is 5.26 Å². The SMILES string of the molecule is C=C(c1ccccc1)c1ccc(C#N)cc1[N+](=O)[O-]. The molecule has 0 saturated heterocycles. The average molecular weight is 250 g/mol. The van der Waals surface area contributed by atoms with E-state index in [2.05, 4.69) is 6.58 Å². The second-order valence-electron chi connectivity index (χ2n) is 3.95. The summed E-state index contributed by atoms with van der Waals surface area (Å²) in [6, 6.07) is 15.5. The first kappa shape index (κ1) is 12.5. The fourth-order valence-corrected chi connectivity index (χ4v) is 1.80. The molecule has 0 aliphatic rings. The Hall–Kier alpha value is -2.93. The third-order valence-electron chi connectivity index (χ3n) is 2.77. The molecule has 0 amide bonds. The quantitative estimate of drug-likeness (QED) is 0.618. The van der Waals surface area contributed by atoms with E-state index in [-0.39, 0.29) is 11.3 Å². The predicted molar refractivity (Wildman–Crippen MR) is 72.4 cm³/mol. The Bertz CT molecular complexity index is 685. The molecule has 0 bridgehead atoms. The Kier molecular flexibility index (Phi) is 3.39. The number of nitro groups is 1. The van der Waals surface area contributed by atoms with Crippen LogP contribution in [0.3, 0.4) is 0 Å². The minimum atomic E-state index is -0.496. The fraction of sp³-hybridized carbons (Fsp3) is 0. The monoisotopic (exact) mass is 250 g/mol. The van der Waals surface area contributed by atoms with Crippen LogP contribution in [0.2, 0.25) is 0 Å². The van der Waals surface area contributed by atoms with Gasteiger partial charge in [0.2, 0.25) is 0 Å². The van der Waals surface area contributed by atoms with Gasteiger partial charge in [-0.05, 0) is 23.3 Å². The lowest BCUT2D eigenvalue weighted by atomic mass is 9.97. The van der Waals surface area contributed by atoms with E-state index in [4.69, 9.17) is 5.26 Å². The highest BCUT2D eigenvalue weighted by atomic mass is 16.6. The summed E-state index contributed by atoms with van der Waals surface area (Å²) in [5, 5.41) is 19.9. The Morgan fingerprint density at radius 3 is 2.47 bits per heavy atom. The van der Waals surface area contributed by atoms with Gasteiger partial charge in [-0.25, -0.2) is 0 Å². The molecule has 0 saturated carbocycles. The molecule has 4 heteroatoms. The Labute approximate surface area is 110 Å². The largest absolute Gasteiger partial charge is 0.278 e. The third kappa shape index (κ3) is 2.50. The van der Waals surface area contributed by atoms with E-state index in [1.165, 1.54) is 6.07 Å². The zero-order valence-corrected chi connectivity index (χ0v) is 10.0. The van der Waals surface area contributed by atoms with Crippen LogP contribution in [0.4, 0.5) is 5.69 Å². The second-order valence-corrected chi connectivity index (χ2v) is 3.95. The van der Waals surface area contributed by atoms with E-state index >= 15 is 0 Å². The average Bonchev–Trinajstić information content (AvgIpc) is 2.46. The van der Waals surface area contributed by atoms with Crippen LogP contribution in [0.15, 0.2) is 55.1 Å². The van der Waals surface area contributed by atoms with Crippen molar-refractivity contribution in [3.8, 4) is 6.07 Å². The normalized spacial score (nSPS) is 9.63. The molecule has 0 atom stereocenters. The van der Waals surface area contributed by atoms with Gasteiger partial charge in [0.1, 0.15) is 0 Å². The molecule has 0 spiro atoms. The molecule has 0 aromatic heterocycles. The Balaban J connectivity index is 2.54. The molecule has 0 heterocycles. The van der Waals surface area contributed by atoms with Gasteiger partial charge in [-0.1, -0.05) is 36.9 Å². The number of hydrogen-bond donors (Lipinski definition) is 0. The summed E-state index contributed by atoms with van der Waals surface area (Å²) in [5.41, 5.74) is 1.96. The van der Waals surface area contributed by atoms with Crippen molar-refractivity contribution in [1.82, 2.24) is 0 Å². The molecule has 19 heavy (non-hydrogen) atoms. The van der Waals surface area contributed by atoms with Gasteiger partial charge in [-0.2, -0.15) is 5.26 Å². The second kappa shape index (κ2) is 5.15. The smallest absolute Gasteiger partial charge is 0.258 e. The number of nitro benzene ring substituents is 1. The molecule has 92 valence electrons. The standard InChI is InChI=1S/C15H10N2O2/c1-11(13-5-3-2-4-6-13)14-8-7-12(10-16)9-15(14)17(18)19/h2-9H,1H2. The van der Waals surface area contributed by atoms with Gasteiger partial charge < -0.3 is 0 Å². The molecule has 2 rings (SSSR count). The molecular formula is C15H10N2O2. The van der Waals surface area contributed by atoms with Crippen LogP contribution in [0.5, 0.6) is 0 Å². The van der Waals surface area contributed by atoms with E-state index in [1.54, 1.807) is 12.1 Å². The number of benzene rings is 2. The Morgan fingerprint density at radius 2 is 1.89 bits per heavy atom. The molecule has 0 fully saturated rings. The van der Waals surface area contributed by atoms with Crippen molar-refractivity contribution < 1.29 is 4.92 Å². The molecule has 2 aromatic rings. The molecule has 0 N–H and O–H groups in total. The highest BCUT2D eigenvalue weighted by Crippen LogP contribution is 2.30. The first-order chi connectivity index (χ1) is 9.13. The lowest BCUT2D eigenvalue weighted by molar-refractivity contribution is -0.385. The summed E-state index contributed by atoms with van der Waals surface area (Å²) in [6.07, 6.45) is 0. The van der Waals surface area contributed by atoms with Gasteiger partial charge in [-0.3, -0.25) is 10.1 Å². The molecule has 2 aromatic carbocycles. The first-order valence-electron chi connectivity index (χ1n) is 5.56. The summed E-state index contributed by atoms with van der Waals surface area (Å²) >= 11 is 0. The van der Waals surface area contributed by atoms with Crippen molar-refractivity contribution in [2.75, 3.05) is 0 Å². The topological polar surface area (TPSA) is 66.9 Å². The summed E-state index contributed by atoms with van der Waals surface area (Å²) in [5.74, 6) is 0. The number of nitriles is 1. The zero-order valence-electron chi connectivity index (χ0n) is 10.0. The maximum absolute atomic E-state index is 11.1. The molecule has 0 aliphatic heterocycles. The van der Waals surface area contributed by atoms with Crippen molar-refractivity contribution in [3.05, 3.63) is 81.9 Å². The van der Waals surface area contributed by atoms with Gasteiger partial charge in [0.25, 0.3) is 5.69 Å². The lowest BCUT2D eigenvalue weighted by Gasteiger charge is -2.07. The first-order valence-corrected chi connectivity index (χ1v) is 5.56. The highest BCUT2D eigenvalue weighted by molar-refractivity contribution is 5.83. The van der Waals surface area contributed by atoms with E-state index in [0.29, 0.717) is 11.1 Å². The summed E-state index contributed by atoms with van der Waals surface area (Å²) in [4.78, 5) is 10.6. The predicted octanol–water partition coefficient (Wildman–Crippen LogP) is 3.53. The fourth-order valence-electron chi connectivity index (χ4n) is 1.80. The Morgan fingerprint density at radius 1 is 1.21 bits per heavy atom. The van der Waals surface area contributed by atoms with Crippen LogP contribution >= 0.6 is 0 Å². The third-order valence-corrected chi connectivity index (χ3v) is 2.77. The minimum Gasteiger partial charge on any atom is -0.258 e. The van der Waals surface area contributed by atoms with Crippen LogP contribution in [0.1, 0.15) is 16.7 Å². The van der Waals surface area contributed by atoms with E-state index in [9.17, 15) is 10.1 Å². The van der Waals surface area contributed by atoms with Crippen LogP contribution in [0, 0.1) is 21.4 Å². The highest BCUT2D eigenvalue weighted by Gasteiger charge is 2.17. The summed E-state index contributed by atoms with van der Waals surface area (Å²) in [6.45, 7) is 3.91. The van der Waals surface area contributed by atoms with Crippen molar-refractivity contribution >= 4 is 11.3 Å². The van der Waals surface area contributed by atoms with Crippen molar-refractivity contribution in [2.45, 2.75) is 0 Å². The number of nitrogens with zero attached hydrogens (tertiary/aromatic N) is 2. The summed E-state index contributed by atoms with van der Waals surface area (Å²) in [7, 11) is 0. The molecule has 4 nitrogen and oxygen atoms in total. The molecular weight excluding hydrogens is 240 g/mol. The molecule has 0 radical (unpaired) electrons. The van der Waals surface area contributed by atoms with Crippen LogP contribution in [-0.4, -0.2) is 4.92 Å². The van der Waals surface area contributed by atoms with Gasteiger partial charge in [0, 0.05) is 6.07 Å². The maximum Gasteiger partial charge on any atom is 0.278 e. The molecule has 0 unspecified atom stereocenters. The maximum atomic E-state index is 11.1. The minimum absolute atomic E-state index is 0.104. The lowest BCUT2D eigenvalue weighted by Crippen LogP contribution is -1.96. The van der Waals surface area contributed by atoms with E-state index < -0.39 is 4.92 Å². The zero-order chi connectivity index (χ0) is 13.8. The van der Waals surface area contributed by atoms with Gasteiger partial charge >= 0.3 is 0 Å². The molecule has 0 aliphatic carbocycles. The van der Waals surface area contributed by atoms with Crippen LogP contribution < -0.4 is 0 Å². The number of rotatable bonds is 3.